The molecule has 0 unspecified atom stereocenters. The van der Waals surface area contributed by atoms with Gasteiger partial charge in [-0.05, 0) is 176 Å². The first-order valence-corrected chi connectivity index (χ1v) is 34.4. The van der Waals surface area contributed by atoms with E-state index in [1.165, 1.54) is 154 Å². The van der Waals surface area contributed by atoms with Gasteiger partial charge in [0.05, 0.1) is 44.1 Å². The normalized spacial score (nSPS) is 11.6. The van der Waals surface area contributed by atoms with E-state index in [1.54, 1.807) is 0 Å². The van der Waals surface area contributed by atoms with Crippen molar-refractivity contribution in [1.82, 2.24) is 18.3 Å². The Kier molecular flexibility index (Phi) is 14.2. The van der Waals surface area contributed by atoms with Crippen LogP contribution in [0.2, 0.25) is 0 Å². The Morgan fingerprint density at radius 1 is 0.120 bits per heavy atom. The third-order valence-corrected chi connectivity index (χ3v) is 20.3. The molecule has 0 saturated heterocycles. The van der Waals surface area contributed by atoms with Crippen molar-refractivity contribution in [2.75, 3.05) is 0 Å². The standard InChI is InChI=1S/2C48H32N2/c1-4-13-33(14-5-1)36-23-26-39(27-24-36)49-43-22-11-10-21-41(43)47-45(49)29-30-46-48(47)42-32-38(35-17-8-3-9-18-35)25-28-44(42)50(46)40-20-12-19-37(31-40)34-15-6-2-7-16-34;1-4-12-33(13-5-1)36-20-25-39(26-21-36)49-43-19-11-10-18-41(43)47-45(49)30-31-46-48(47)42-32-38(35-16-8-3-9-17-35)24-29-44(42)50(46)40-27-22-37(23-28-40)34-14-6-2-7-15-34/h2*1-32H. The Morgan fingerprint density at radius 3 is 0.670 bits per heavy atom. The molecule has 0 atom stereocenters. The molecule has 4 nitrogen and oxygen atoms in total. The summed E-state index contributed by atoms with van der Waals surface area (Å²) < 4.78 is 9.75. The number of hydrogen-bond acceptors (Lipinski definition) is 0. The maximum atomic E-state index is 2.45. The van der Waals surface area contributed by atoms with Crippen molar-refractivity contribution in [3.05, 3.63) is 388 Å². The van der Waals surface area contributed by atoms with Gasteiger partial charge in [-0.15, -0.1) is 0 Å². The molecule has 20 aromatic rings. The summed E-state index contributed by atoms with van der Waals surface area (Å²) in [5.74, 6) is 0. The summed E-state index contributed by atoms with van der Waals surface area (Å²) in [5, 5.41) is 10.1. The predicted molar refractivity (Wildman–Crippen MR) is 423 cm³/mol. The lowest BCUT2D eigenvalue weighted by Crippen LogP contribution is -1.95. The van der Waals surface area contributed by atoms with Gasteiger partial charge in [-0.2, -0.15) is 0 Å². The lowest BCUT2D eigenvalue weighted by atomic mass is 10.0. The molecule has 468 valence electrons. The molecule has 0 aliphatic rings. The molecule has 4 heterocycles. The minimum absolute atomic E-state index is 1.15. The number of aromatic nitrogens is 4. The molecule has 0 saturated carbocycles. The van der Waals surface area contributed by atoms with Crippen molar-refractivity contribution in [1.29, 1.82) is 0 Å². The zero-order chi connectivity index (χ0) is 66.0. The van der Waals surface area contributed by atoms with Gasteiger partial charge >= 0.3 is 0 Å². The SMILES string of the molecule is c1ccc(-c2ccc(-n3c4ccccc4c4c5c6cc(-c7ccccc7)ccc6n(-c6ccc(-c7ccccc7)cc6)c5ccc43)cc2)cc1.c1ccc(-c2ccc(-n3c4ccccc4c4c5c6cc(-c7ccccc7)ccc6n(-c6cccc(-c7ccccc7)c6)c5ccc43)cc2)cc1. The molecule has 0 radical (unpaired) electrons. The summed E-state index contributed by atoms with van der Waals surface area (Å²) in [6, 6.07) is 141. The molecule has 4 heteroatoms. The Labute approximate surface area is 579 Å². The van der Waals surface area contributed by atoms with Crippen LogP contribution in [-0.4, -0.2) is 18.3 Å². The quantitative estimate of drug-likeness (QED) is 0.130. The molecule has 100 heavy (non-hydrogen) atoms. The van der Waals surface area contributed by atoms with E-state index >= 15 is 0 Å². The van der Waals surface area contributed by atoms with Crippen LogP contribution in [0.15, 0.2) is 388 Å². The fraction of sp³-hybridized carbons (Fsp3) is 0. The van der Waals surface area contributed by atoms with Crippen molar-refractivity contribution < 1.29 is 0 Å². The number of benzene rings is 16. The molecule has 0 aliphatic heterocycles. The van der Waals surface area contributed by atoms with Crippen LogP contribution in [0.1, 0.15) is 0 Å². The summed E-state index contributed by atoms with van der Waals surface area (Å²) in [4.78, 5) is 0. The largest absolute Gasteiger partial charge is 0.309 e. The first-order chi connectivity index (χ1) is 49.6. The van der Waals surface area contributed by atoms with Crippen LogP contribution in [0.3, 0.4) is 0 Å². The monoisotopic (exact) mass is 1270 g/mol. The van der Waals surface area contributed by atoms with Gasteiger partial charge in [-0.25, -0.2) is 0 Å². The third kappa shape index (κ3) is 9.92. The van der Waals surface area contributed by atoms with Gasteiger partial charge in [-0.1, -0.05) is 279 Å². The van der Waals surface area contributed by atoms with E-state index in [1.807, 2.05) is 0 Å². The second kappa shape index (κ2) is 24.4. The van der Waals surface area contributed by atoms with Gasteiger partial charge in [-0.3, -0.25) is 0 Å². The zero-order valence-corrected chi connectivity index (χ0v) is 54.7. The summed E-state index contributed by atoms with van der Waals surface area (Å²) >= 11 is 0. The molecule has 4 aromatic heterocycles. The number of nitrogens with zero attached hydrogens (tertiary/aromatic N) is 4. The number of para-hydroxylation sites is 2. The highest BCUT2D eigenvalue weighted by atomic mass is 15.0. The molecule has 0 fully saturated rings. The highest BCUT2D eigenvalue weighted by Crippen LogP contribution is 2.46. The van der Waals surface area contributed by atoms with E-state index in [0.717, 1.165) is 22.7 Å². The Balaban J connectivity index is 0.000000139. The molecular formula is C96H64N4. The molecule has 0 N–H and O–H groups in total. The smallest absolute Gasteiger partial charge is 0.0548 e. The van der Waals surface area contributed by atoms with Gasteiger partial charge in [0.1, 0.15) is 0 Å². The lowest BCUT2D eigenvalue weighted by Gasteiger charge is -2.11. The first-order valence-electron chi connectivity index (χ1n) is 34.4. The summed E-state index contributed by atoms with van der Waals surface area (Å²) in [6.07, 6.45) is 0. The van der Waals surface area contributed by atoms with Gasteiger partial charge < -0.3 is 18.3 Å². The van der Waals surface area contributed by atoms with E-state index in [9.17, 15) is 0 Å². The van der Waals surface area contributed by atoms with E-state index < -0.39 is 0 Å². The fourth-order valence-electron chi connectivity index (χ4n) is 15.6. The van der Waals surface area contributed by atoms with Crippen LogP contribution in [0.5, 0.6) is 0 Å². The van der Waals surface area contributed by atoms with E-state index in [-0.39, 0.29) is 0 Å². The third-order valence-electron chi connectivity index (χ3n) is 20.3. The van der Waals surface area contributed by atoms with E-state index in [4.69, 9.17) is 0 Å². The average molecular weight is 1270 g/mol. The molecule has 0 amide bonds. The van der Waals surface area contributed by atoms with Gasteiger partial charge in [0.15, 0.2) is 0 Å². The Morgan fingerprint density at radius 2 is 0.340 bits per heavy atom. The average Bonchev–Trinajstić information content (AvgIpc) is 1.55. The number of fused-ring (bicyclic) bond motifs is 14. The van der Waals surface area contributed by atoms with Crippen LogP contribution in [0.25, 0.3) is 177 Å². The molecular weight excluding hydrogens is 1210 g/mol. The summed E-state index contributed by atoms with van der Waals surface area (Å²) in [5.41, 5.74) is 28.8. The second-order valence-electron chi connectivity index (χ2n) is 25.9. The molecule has 0 aliphatic carbocycles. The van der Waals surface area contributed by atoms with Crippen molar-refractivity contribution in [3.8, 4) is 89.5 Å². The van der Waals surface area contributed by atoms with Crippen molar-refractivity contribution in [2.45, 2.75) is 0 Å². The minimum atomic E-state index is 1.15. The fourth-order valence-corrected chi connectivity index (χ4v) is 15.6. The zero-order valence-electron chi connectivity index (χ0n) is 54.7. The molecule has 0 bridgehead atoms. The topological polar surface area (TPSA) is 19.7 Å². The highest BCUT2D eigenvalue weighted by molar-refractivity contribution is 6.31. The maximum absolute atomic E-state index is 2.45. The number of rotatable bonds is 10. The second-order valence-corrected chi connectivity index (χ2v) is 25.9. The molecule has 20 rings (SSSR count). The maximum Gasteiger partial charge on any atom is 0.0548 e. The summed E-state index contributed by atoms with van der Waals surface area (Å²) in [7, 11) is 0. The van der Waals surface area contributed by atoms with Crippen LogP contribution in [0.4, 0.5) is 0 Å². The number of hydrogen-bond donors (Lipinski definition) is 0. The van der Waals surface area contributed by atoms with Gasteiger partial charge in [0.2, 0.25) is 0 Å². The van der Waals surface area contributed by atoms with E-state index in [0.29, 0.717) is 0 Å². The predicted octanol–water partition coefficient (Wildman–Crippen LogP) is 25.8. The lowest BCUT2D eigenvalue weighted by molar-refractivity contribution is 1.17. The van der Waals surface area contributed by atoms with Gasteiger partial charge in [0.25, 0.3) is 0 Å². The Bertz CT molecular complexity index is 6430. The summed E-state index contributed by atoms with van der Waals surface area (Å²) in [6.45, 7) is 0. The highest BCUT2D eigenvalue weighted by Gasteiger charge is 2.24. The van der Waals surface area contributed by atoms with Crippen LogP contribution < -0.4 is 0 Å². The van der Waals surface area contributed by atoms with Crippen molar-refractivity contribution in [2.24, 2.45) is 0 Å². The van der Waals surface area contributed by atoms with E-state index in [2.05, 4.69) is 407 Å². The van der Waals surface area contributed by atoms with Crippen LogP contribution >= 0.6 is 0 Å². The first kappa shape index (κ1) is 58.1. The molecule has 0 spiro atoms. The molecule has 16 aromatic carbocycles. The van der Waals surface area contributed by atoms with Crippen molar-refractivity contribution in [3.63, 3.8) is 0 Å². The van der Waals surface area contributed by atoms with Crippen molar-refractivity contribution >= 4 is 87.2 Å². The van der Waals surface area contributed by atoms with Crippen LogP contribution in [0, 0.1) is 0 Å². The van der Waals surface area contributed by atoms with Gasteiger partial charge in [0, 0.05) is 65.8 Å². The Hall–Kier alpha value is -13.3. The minimum Gasteiger partial charge on any atom is -0.309 e. The van der Waals surface area contributed by atoms with Crippen LogP contribution in [-0.2, 0) is 0 Å².